The van der Waals surface area contributed by atoms with Gasteiger partial charge in [0, 0.05) is 43.3 Å². The van der Waals surface area contributed by atoms with Gasteiger partial charge in [-0.25, -0.2) is 14.6 Å². The van der Waals surface area contributed by atoms with Crippen LogP contribution in [-0.2, 0) is 4.79 Å². The van der Waals surface area contributed by atoms with Crippen molar-refractivity contribution in [1.29, 1.82) is 0 Å². The summed E-state index contributed by atoms with van der Waals surface area (Å²) in [5.74, 6) is 1.77. The molecule has 1 aliphatic rings. The Balaban J connectivity index is 1.34. The normalized spacial score (nSPS) is 14.9. The summed E-state index contributed by atoms with van der Waals surface area (Å²) in [4.78, 5) is 22.9. The van der Waals surface area contributed by atoms with Crippen LogP contribution in [0.5, 0.6) is 0 Å². The second kappa shape index (κ2) is 7.48. The molecule has 0 aliphatic carbocycles. The molecule has 0 aromatic carbocycles. The molecule has 0 bridgehead atoms. The van der Waals surface area contributed by atoms with Crippen LogP contribution in [-0.4, -0.2) is 48.9 Å². The Hall–Kier alpha value is -3.36. The molecule has 0 spiro atoms. The van der Waals surface area contributed by atoms with Crippen molar-refractivity contribution in [3.63, 3.8) is 0 Å². The first kappa shape index (κ1) is 17.1. The highest BCUT2D eigenvalue weighted by Crippen LogP contribution is 2.22. The van der Waals surface area contributed by atoms with Gasteiger partial charge < -0.3 is 4.90 Å². The van der Waals surface area contributed by atoms with E-state index in [9.17, 15) is 4.79 Å². The second-order valence-corrected chi connectivity index (χ2v) is 6.47. The molecule has 3 aromatic heterocycles. The molecule has 1 amide bonds. The van der Waals surface area contributed by atoms with Crippen LogP contribution in [0.15, 0.2) is 42.9 Å². The quantitative estimate of drug-likeness (QED) is 0.750. The maximum atomic E-state index is 12.5. The number of piperidine rings is 1. The van der Waals surface area contributed by atoms with E-state index in [1.165, 1.54) is 0 Å². The van der Waals surface area contributed by atoms with Crippen LogP contribution in [0.3, 0.4) is 0 Å². The second-order valence-electron chi connectivity index (χ2n) is 6.47. The molecule has 0 atom stereocenters. The Morgan fingerprint density at radius 3 is 2.56 bits per heavy atom. The average Bonchev–Trinajstić information content (AvgIpc) is 3.23. The van der Waals surface area contributed by atoms with E-state index in [4.69, 9.17) is 0 Å². The van der Waals surface area contributed by atoms with Crippen LogP contribution in [0.25, 0.3) is 5.82 Å². The van der Waals surface area contributed by atoms with E-state index in [2.05, 4.69) is 35.5 Å². The minimum atomic E-state index is -0.0540. The average molecular weight is 364 g/mol. The Labute approximate surface area is 156 Å². The molecule has 9 heteroatoms. The van der Waals surface area contributed by atoms with Gasteiger partial charge in [0.25, 0.3) is 0 Å². The zero-order valence-electron chi connectivity index (χ0n) is 15.0. The van der Waals surface area contributed by atoms with Crippen molar-refractivity contribution in [3.8, 4) is 5.82 Å². The topological polar surface area (TPSA) is 102 Å². The molecule has 0 saturated carbocycles. The summed E-state index contributed by atoms with van der Waals surface area (Å²) in [5, 5.41) is 15.5. The van der Waals surface area contributed by atoms with Crippen molar-refractivity contribution in [1.82, 2.24) is 29.9 Å². The Kier molecular flexibility index (Phi) is 4.73. The van der Waals surface area contributed by atoms with Crippen LogP contribution in [0.2, 0.25) is 0 Å². The number of aromatic nitrogens is 6. The number of anilines is 2. The molecule has 3 aromatic rings. The molecule has 0 radical (unpaired) electrons. The molecule has 1 fully saturated rings. The first-order valence-corrected chi connectivity index (χ1v) is 8.88. The maximum absolute atomic E-state index is 12.5. The standard InChI is InChI=1S/C18H20N8O/c1-13-5-9-19-18(21-13)22-17(27)14-6-11-25(12-7-14)15-3-4-16(24-23-15)26-10-2-8-20-26/h2-5,8-10,14H,6-7,11-12H2,1H3,(H,19,21,22,27). The summed E-state index contributed by atoms with van der Waals surface area (Å²) in [5.41, 5.74) is 0.826. The number of carbonyl (C=O) groups excluding carboxylic acids is 1. The predicted molar refractivity (Wildman–Crippen MR) is 99.5 cm³/mol. The number of amides is 1. The first-order chi connectivity index (χ1) is 13.2. The Morgan fingerprint density at radius 1 is 1.11 bits per heavy atom. The third kappa shape index (κ3) is 3.91. The third-order valence-corrected chi connectivity index (χ3v) is 4.60. The third-order valence-electron chi connectivity index (χ3n) is 4.60. The van der Waals surface area contributed by atoms with Crippen molar-refractivity contribution in [2.24, 2.45) is 5.92 Å². The summed E-state index contributed by atoms with van der Waals surface area (Å²) >= 11 is 0. The molecule has 27 heavy (non-hydrogen) atoms. The summed E-state index contributed by atoms with van der Waals surface area (Å²) in [7, 11) is 0. The molecule has 1 saturated heterocycles. The summed E-state index contributed by atoms with van der Waals surface area (Å²) < 4.78 is 1.67. The highest BCUT2D eigenvalue weighted by molar-refractivity contribution is 5.91. The van der Waals surface area contributed by atoms with Crippen LogP contribution in [0.4, 0.5) is 11.8 Å². The van der Waals surface area contributed by atoms with Gasteiger partial charge >= 0.3 is 0 Å². The van der Waals surface area contributed by atoms with E-state index >= 15 is 0 Å². The molecule has 4 rings (SSSR count). The maximum Gasteiger partial charge on any atom is 0.229 e. The molecule has 1 N–H and O–H groups in total. The lowest BCUT2D eigenvalue weighted by molar-refractivity contribution is -0.120. The van der Waals surface area contributed by atoms with Crippen molar-refractivity contribution in [3.05, 3.63) is 48.5 Å². The van der Waals surface area contributed by atoms with Crippen molar-refractivity contribution in [2.75, 3.05) is 23.3 Å². The Bertz CT molecular complexity index is 901. The van der Waals surface area contributed by atoms with E-state index in [1.54, 1.807) is 23.1 Å². The zero-order chi connectivity index (χ0) is 18.6. The van der Waals surface area contributed by atoms with Gasteiger partial charge in [-0.1, -0.05) is 0 Å². The van der Waals surface area contributed by atoms with Gasteiger partial charge in [0.15, 0.2) is 11.6 Å². The van der Waals surface area contributed by atoms with E-state index in [0.717, 1.165) is 37.4 Å². The van der Waals surface area contributed by atoms with Crippen LogP contribution in [0, 0.1) is 12.8 Å². The fourth-order valence-corrected chi connectivity index (χ4v) is 3.11. The van der Waals surface area contributed by atoms with Gasteiger partial charge in [-0.3, -0.25) is 10.1 Å². The van der Waals surface area contributed by atoms with Crippen molar-refractivity contribution >= 4 is 17.7 Å². The zero-order valence-corrected chi connectivity index (χ0v) is 15.0. The monoisotopic (exact) mass is 364 g/mol. The lowest BCUT2D eigenvalue weighted by Crippen LogP contribution is -2.38. The number of rotatable bonds is 4. The molecule has 138 valence electrons. The number of nitrogens with one attached hydrogen (secondary N) is 1. The van der Waals surface area contributed by atoms with Crippen molar-refractivity contribution < 1.29 is 4.79 Å². The molecular formula is C18H20N8O. The Morgan fingerprint density at radius 2 is 1.89 bits per heavy atom. The van der Waals surface area contributed by atoms with E-state index in [0.29, 0.717) is 11.8 Å². The van der Waals surface area contributed by atoms with Gasteiger partial charge in [-0.15, -0.1) is 10.2 Å². The number of carbonyl (C=O) groups is 1. The molecule has 1 aliphatic heterocycles. The molecule has 4 heterocycles. The van der Waals surface area contributed by atoms with Gasteiger partial charge in [-0.2, -0.15) is 5.10 Å². The smallest absolute Gasteiger partial charge is 0.229 e. The van der Waals surface area contributed by atoms with Crippen molar-refractivity contribution in [2.45, 2.75) is 19.8 Å². The first-order valence-electron chi connectivity index (χ1n) is 8.88. The SMILES string of the molecule is Cc1ccnc(NC(=O)C2CCN(c3ccc(-n4cccn4)nn3)CC2)n1. The molecule has 0 unspecified atom stereocenters. The lowest BCUT2D eigenvalue weighted by Gasteiger charge is -2.31. The number of aryl methyl sites for hydroxylation is 1. The van der Waals surface area contributed by atoms with Gasteiger partial charge in [0.05, 0.1) is 0 Å². The fraction of sp³-hybridized carbons (Fsp3) is 0.333. The van der Waals surface area contributed by atoms with Gasteiger partial charge in [-0.05, 0) is 44.0 Å². The minimum Gasteiger partial charge on any atom is -0.355 e. The summed E-state index contributed by atoms with van der Waals surface area (Å²) in [6.45, 7) is 3.37. The van der Waals surface area contributed by atoms with E-state index in [1.807, 2.05) is 31.3 Å². The summed E-state index contributed by atoms with van der Waals surface area (Å²) in [6, 6.07) is 7.47. The van der Waals surface area contributed by atoms with Crippen LogP contribution in [0.1, 0.15) is 18.5 Å². The number of nitrogens with zero attached hydrogens (tertiary/aromatic N) is 7. The molecular weight excluding hydrogens is 344 g/mol. The fourth-order valence-electron chi connectivity index (χ4n) is 3.11. The van der Waals surface area contributed by atoms with Gasteiger partial charge in [0.1, 0.15) is 0 Å². The number of hydrogen-bond donors (Lipinski definition) is 1. The van der Waals surface area contributed by atoms with Gasteiger partial charge in [0.2, 0.25) is 11.9 Å². The highest BCUT2D eigenvalue weighted by atomic mass is 16.2. The molecule has 9 nitrogen and oxygen atoms in total. The van der Waals surface area contributed by atoms with Crippen LogP contribution >= 0.6 is 0 Å². The minimum absolute atomic E-state index is 0.0274. The lowest BCUT2D eigenvalue weighted by atomic mass is 9.96. The number of hydrogen-bond acceptors (Lipinski definition) is 7. The summed E-state index contributed by atoms with van der Waals surface area (Å²) in [6.07, 6.45) is 6.67. The van der Waals surface area contributed by atoms with Crippen LogP contribution < -0.4 is 10.2 Å². The van der Waals surface area contributed by atoms with E-state index in [-0.39, 0.29) is 11.8 Å². The highest BCUT2D eigenvalue weighted by Gasteiger charge is 2.26. The predicted octanol–water partition coefficient (Wildman–Crippen LogP) is 1.62. The largest absolute Gasteiger partial charge is 0.355 e. The van der Waals surface area contributed by atoms with E-state index < -0.39 is 0 Å².